The first-order valence-electron chi connectivity index (χ1n) is 5.53. The van der Waals surface area contributed by atoms with Gasteiger partial charge in [-0.05, 0) is 52.7 Å². The Bertz CT molecular complexity index is 332. The molecule has 1 atom stereocenters. The van der Waals surface area contributed by atoms with Gasteiger partial charge in [0.1, 0.15) is 0 Å². The highest BCUT2D eigenvalue weighted by atomic mass is 79.9. The fourth-order valence-electron chi connectivity index (χ4n) is 2.30. The summed E-state index contributed by atoms with van der Waals surface area (Å²) in [5.41, 5.74) is 0.549. The number of thiophene rings is 1. The van der Waals surface area contributed by atoms with Crippen molar-refractivity contribution in [3.8, 4) is 0 Å². The Balaban J connectivity index is 1.80. The molecule has 1 heterocycles. The van der Waals surface area contributed by atoms with Crippen molar-refractivity contribution in [2.45, 2.75) is 45.7 Å². The summed E-state index contributed by atoms with van der Waals surface area (Å²) in [4.78, 5) is 1.42. The molecule has 1 nitrogen and oxygen atoms in total. The monoisotopic (exact) mass is 287 g/mol. The Morgan fingerprint density at radius 3 is 2.87 bits per heavy atom. The molecule has 1 N–H and O–H groups in total. The third-order valence-corrected chi connectivity index (χ3v) is 4.79. The summed E-state index contributed by atoms with van der Waals surface area (Å²) in [6.45, 7) is 5.77. The van der Waals surface area contributed by atoms with Crippen molar-refractivity contribution in [2.24, 2.45) is 5.41 Å². The smallest absolute Gasteiger partial charge is 0.0701 e. The highest BCUT2D eigenvalue weighted by Crippen LogP contribution is 2.37. The van der Waals surface area contributed by atoms with Crippen molar-refractivity contribution >= 4 is 27.3 Å². The molecule has 0 radical (unpaired) electrons. The average Bonchev–Trinajstić information content (AvgIpc) is 2.69. The summed E-state index contributed by atoms with van der Waals surface area (Å²) in [6, 6.07) is 5.04. The van der Waals surface area contributed by atoms with Crippen LogP contribution in [-0.4, -0.2) is 6.04 Å². The van der Waals surface area contributed by atoms with Gasteiger partial charge in [-0.25, -0.2) is 0 Å². The molecule has 1 aliphatic carbocycles. The topological polar surface area (TPSA) is 12.0 Å². The van der Waals surface area contributed by atoms with Gasteiger partial charge in [-0.2, -0.15) is 0 Å². The molecule has 1 saturated carbocycles. The molecule has 1 unspecified atom stereocenters. The van der Waals surface area contributed by atoms with Crippen molar-refractivity contribution in [3.05, 3.63) is 20.8 Å². The number of halogens is 1. The molecular weight excluding hydrogens is 270 g/mol. The summed E-state index contributed by atoms with van der Waals surface area (Å²) < 4.78 is 1.23. The lowest BCUT2D eigenvalue weighted by Crippen LogP contribution is -2.26. The Morgan fingerprint density at radius 2 is 2.33 bits per heavy atom. The molecule has 0 bridgehead atoms. The summed E-state index contributed by atoms with van der Waals surface area (Å²) >= 11 is 5.32. The lowest BCUT2D eigenvalue weighted by Gasteiger charge is -2.17. The van der Waals surface area contributed by atoms with Crippen LogP contribution in [0.2, 0.25) is 0 Å². The molecule has 1 fully saturated rings. The van der Waals surface area contributed by atoms with E-state index in [2.05, 4.69) is 47.2 Å². The molecule has 1 aromatic heterocycles. The van der Waals surface area contributed by atoms with E-state index in [0.29, 0.717) is 5.41 Å². The molecule has 2 rings (SSSR count). The van der Waals surface area contributed by atoms with Crippen LogP contribution in [0.4, 0.5) is 0 Å². The van der Waals surface area contributed by atoms with Crippen molar-refractivity contribution < 1.29 is 0 Å². The van der Waals surface area contributed by atoms with Crippen LogP contribution in [0.25, 0.3) is 0 Å². The van der Waals surface area contributed by atoms with Crippen LogP contribution in [0, 0.1) is 5.41 Å². The lowest BCUT2D eigenvalue weighted by molar-refractivity contribution is 0.364. The van der Waals surface area contributed by atoms with E-state index < -0.39 is 0 Å². The van der Waals surface area contributed by atoms with Crippen molar-refractivity contribution in [1.29, 1.82) is 0 Å². The first-order valence-corrected chi connectivity index (χ1v) is 7.14. The zero-order chi connectivity index (χ0) is 10.9. The normalized spacial score (nSPS) is 24.6. The molecule has 1 aromatic rings. The van der Waals surface area contributed by atoms with E-state index >= 15 is 0 Å². The van der Waals surface area contributed by atoms with Gasteiger partial charge in [0.2, 0.25) is 0 Å². The SMILES string of the molecule is CC1(C)CCC(NCc2ccc(Br)s2)C1. The zero-order valence-electron chi connectivity index (χ0n) is 9.35. The van der Waals surface area contributed by atoms with E-state index in [1.807, 2.05) is 11.3 Å². The molecule has 3 heteroatoms. The first-order chi connectivity index (χ1) is 7.05. The molecule has 0 amide bonds. The quantitative estimate of drug-likeness (QED) is 0.880. The van der Waals surface area contributed by atoms with Gasteiger partial charge < -0.3 is 5.32 Å². The highest BCUT2D eigenvalue weighted by molar-refractivity contribution is 9.11. The molecule has 0 spiro atoms. The van der Waals surface area contributed by atoms with Crippen molar-refractivity contribution in [1.82, 2.24) is 5.32 Å². The van der Waals surface area contributed by atoms with Crippen molar-refractivity contribution in [3.63, 3.8) is 0 Å². The van der Waals surface area contributed by atoms with E-state index in [1.54, 1.807) is 0 Å². The van der Waals surface area contributed by atoms with Gasteiger partial charge in [-0.1, -0.05) is 13.8 Å². The predicted molar refractivity (Wildman–Crippen MR) is 70.3 cm³/mol. The van der Waals surface area contributed by atoms with Gasteiger partial charge in [-0.3, -0.25) is 0 Å². The minimum Gasteiger partial charge on any atom is -0.309 e. The summed E-state index contributed by atoms with van der Waals surface area (Å²) in [7, 11) is 0. The molecule has 84 valence electrons. The van der Waals surface area contributed by atoms with Gasteiger partial charge in [0.15, 0.2) is 0 Å². The van der Waals surface area contributed by atoms with Gasteiger partial charge in [0.25, 0.3) is 0 Å². The van der Waals surface area contributed by atoms with Gasteiger partial charge in [0, 0.05) is 17.5 Å². The van der Waals surface area contributed by atoms with E-state index in [1.165, 1.54) is 27.9 Å². The lowest BCUT2D eigenvalue weighted by atomic mass is 9.92. The molecule has 0 aliphatic heterocycles. The molecule has 0 saturated heterocycles. The van der Waals surface area contributed by atoms with Gasteiger partial charge >= 0.3 is 0 Å². The Kier molecular flexibility index (Phi) is 3.53. The fraction of sp³-hybridized carbons (Fsp3) is 0.667. The Hall–Kier alpha value is 0.140. The standard InChI is InChI=1S/C12H18BrNS/c1-12(2)6-5-9(7-12)14-8-10-3-4-11(13)15-10/h3-4,9,14H,5-8H2,1-2H3. The van der Waals surface area contributed by atoms with E-state index in [4.69, 9.17) is 0 Å². The van der Waals surface area contributed by atoms with E-state index in [-0.39, 0.29) is 0 Å². The maximum atomic E-state index is 3.66. The molecular formula is C12H18BrNS. The van der Waals surface area contributed by atoms with Gasteiger partial charge in [0.05, 0.1) is 3.79 Å². The summed E-state index contributed by atoms with van der Waals surface area (Å²) in [5.74, 6) is 0. The minimum absolute atomic E-state index is 0.549. The fourth-order valence-corrected chi connectivity index (χ4v) is 3.74. The minimum atomic E-state index is 0.549. The molecule has 15 heavy (non-hydrogen) atoms. The summed E-state index contributed by atoms with van der Waals surface area (Å²) in [6.07, 6.45) is 4.01. The maximum absolute atomic E-state index is 3.66. The Morgan fingerprint density at radius 1 is 1.53 bits per heavy atom. The average molecular weight is 288 g/mol. The number of nitrogens with one attached hydrogen (secondary N) is 1. The number of rotatable bonds is 3. The van der Waals surface area contributed by atoms with E-state index in [0.717, 1.165) is 12.6 Å². The third kappa shape index (κ3) is 3.30. The Labute approximate surface area is 104 Å². The van der Waals surface area contributed by atoms with Crippen LogP contribution in [0.15, 0.2) is 15.9 Å². The van der Waals surface area contributed by atoms with Crippen LogP contribution in [0.5, 0.6) is 0 Å². The summed E-state index contributed by atoms with van der Waals surface area (Å²) in [5, 5.41) is 3.66. The second kappa shape index (κ2) is 4.56. The highest BCUT2D eigenvalue weighted by Gasteiger charge is 2.30. The molecule has 1 aliphatic rings. The van der Waals surface area contributed by atoms with Crippen LogP contribution in [-0.2, 0) is 6.54 Å². The number of hydrogen-bond donors (Lipinski definition) is 1. The second-order valence-corrected chi connectivity index (χ2v) is 7.74. The predicted octanol–water partition coefficient (Wildman–Crippen LogP) is 4.18. The largest absolute Gasteiger partial charge is 0.309 e. The first kappa shape index (κ1) is 11.6. The van der Waals surface area contributed by atoms with Crippen LogP contribution in [0.3, 0.4) is 0 Å². The van der Waals surface area contributed by atoms with Crippen LogP contribution >= 0.6 is 27.3 Å². The van der Waals surface area contributed by atoms with Crippen LogP contribution in [0.1, 0.15) is 38.0 Å². The second-order valence-electron chi connectivity index (χ2n) is 5.19. The van der Waals surface area contributed by atoms with E-state index in [9.17, 15) is 0 Å². The maximum Gasteiger partial charge on any atom is 0.0701 e. The number of hydrogen-bond acceptors (Lipinski definition) is 2. The third-order valence-electron chi connectivity index (χ3n) is 3.16. The van der Waals surface area contributed by atoms with Gasteiger partial charge in [-0.15, -0.1) is 11.3 Å². The van der Waals surface area contributed by atoms with Crippen molar-refractivity contribution in [2.75, 3.05) is 0 Å². The molecule has 0 aromatic carbocycles. The van der Waals surface area contributed by atoms with Crippen LogP contribution < -0.4 is 5.32 Å². The zero-order valence-corrected chi connectivity index (χ0v) is 11.7.